The molecule has 0 saturated carbocycles. The van der Waals surface area contributed by atoms with Crippen LogP contribution in [-0.2, 0) is 17.6 Å². The van der Waals surface area contributed by atoms with Crippen LogP contribution < -0.4 is 10.1 Å². The number of anilines is 1. The second kappa shape index (κ2) is 8.83. The Kier molecular flexibility index (Phi) is 6.26. The first kappa shape index (κ1) is 18.4. The van der Waals surface area contributed by atoms with Crippen LogP contribution in [0.5, 0.6) is 5.75 Å². The van der Waals surface area contributed by atoms with Crippen LogP contribution >= 0.6 is 22.9 Å². The van der Waals surface area contributed by atoms with Crippen molar-refractivity contribution in [2.45, 2.75) is 19.8 Å². The van der Waals surface area contributed by atoms with Gasteiger partial charge in [-0.05, 0) is 36.8 Å². The summed E-state index contributed by atoms with van der Waals surface area (Å²) in [5.41, 5.74) is 2.54. The number of ether oxygens (including phenoxy) is 1. The van der Waals surface area contributed by atoms with Gasteiger partial charge in [0.15, 0.2) is 0 Å². The van der Waals surface area contributed by atoms with E-state index in [1.807, 2.05) is 60.8 Å². The average Bonchev–Trinajstić information content (AvgIpc) is 3.03. The van der Waals surface area contributed by atoms with Gasteiger partial charge in [0.05, 0.1) is 29.4 Å². The summed E-state index contributed by atoms with van der Waals surface area (Å²) in [6, 6.07) is 15.1. The van der Waals surface area contributed by atoms with E-state index in [2.05, 4.69) is 10.3 Å². The van der Waals surface area contributed by atoms with Crippen LogP contribution in [0.4, 0.5) is 5.69 Å². The summed E-state index contributed by atoms with van der Waals surface area (Å²) < 4.78 is 5.53. The van der Waals surface area contributed by atoms with Gasteiger partial charge in [-0.1, -0.05) is 35.9 Å². The minimum absolute atomic E-state index is 0.114. The standard InChI is InChI=1S/C20H19ClN2O2S/c1-2-25-18-9-4-3-8-17(18)23-19(24)12-16-13-26-20(22-16)11-14-6-5-7-15(21)10-14/h3-10,13H,2,11-12H2,1H3,(H,23,24). The molecule has 1 aromatic heterocycles. The molecule has 0 spiro atoms. The zero-order valence-corrected chi connectivity index (χ0v) is 15.9. The monoisotopic (exact) mass is 386 g/mol. The van der Waals surface area contributed by atoms with Gasteiger partial charge < -0.3 is 10.1 Å². The van der Waals surface area contributed by atoms with Gasteiger partial charge >= 0.3 is 0 Å². The quantitative estimate of drug-likeness (QED) is 0.623. The number of hydrogen-bond donors (Lipinski definition) is 1. The molecule has 3 rings (SSSR count). The van der Waals surface area contributed by atoms with Crippen LogP contribution in [0.2, 0.25) is 5.02 Å². The van der Waals surface area contributed by atoms with Crippen LogP contribution in [-0.4, -0.2) is 17.5 Å². The summed E-state index contributed by atoms with van der Waals surface area (Å²) in [6.07, 6.45) is 0.937. The molecule has 0 radical (unpaired) electrons. The maximum absolute atomic E-state index is 12.3. The van der Waals surface area contributed by atoms with Crippen LogP contribution in [0.1, 0.15) is 23.2 Å². The van der Waals surface area contributed by atoms with Gasteiger partial charge in [0.25, 0.3) is 0 Å². The van der Waals surface area contributed by atoms with Gasteiger partial charge in [-0.25, -0.2) is 4.98 Å². The van der Waals surface area contributed by atoms with Crippen molar-refractivity contribution in [1.29, 1.82) is 0 Å². The highest BCUT2D eigenvalue weighted by Gasteiger charge is 2.11. The number of hydrogen-bond acceptors (Lipinski definition) is 4. The number of nitrogens with zero attached hydrogens (tertiary/aromatic N) is 1. The zero-order valence-electron chi connectivity index (χ0n) is 14.4. The number of thiazole rings is 1. The number of amides is 1. The molecule has 0 aliphatic carbocycles. The SMILES string of the molecule is CCOc1ccccc1NC(=O)Cc1csc(Cc2cccc(Cl)c2)n1. The number of carbonyl (C=O) groups is 1. The Morgan fingerprint density at radius 2 is 2.08 bits per heavy atom. The second-order valence-electron chi connectivity index (χ2n) is 5.69. The van der Waals surface area contributed by atoms with Crippen molar-refractivity contribution in [2.75, 3.05) is 11.9 Å². The molecule has 6 heteroatoms. The Labute approximate surface area is 161 Å². The molecular weight excluding hydrogens is 368 g/mol. The summed E-state index contributed by atoms with van der Waals surface area (Å²) in [5.74, 6) is 0.556. The number of halogens is 1. The van der Waals surface area contributed by atoms with Crippen molar-refractivity contribution in [3.8, 4) is 5.75 Å². The Morgan fingerprint density at radius 3 is 2.88 bits per heavy atom. The van der Waals surface area contributed by atoms with Crippen molar-refractivity contribution < 1.29 is 9.53 Å². The molecular formula is C20H19ClN2O2S. The lowest BCUT2D eigenvalue weighted by Gasteiger charge is -2.10. The van der Waals surface area contributed by atoms with E-state index in [1.165, 1.54) is 0 Å². The molecule has 1 amide bonds. The lowest BCUT2D eigenvalue weighted by Crippen LogP contribution is -2.15. The Hall–Kier alpha value is -2.37. The third kappa shape index (κ3) is 5.07. The highest BCUT2D eigenvalue weighted by molar-refractivity contribution is 7.09. The van der Waals surface area contributed by atoms with Gasteiger partial charge in [-0.2, -0.15) is 0 Å². The van der Waals surface area contributed by atoms with E-state index in [4.69, 9.17) is 16.3 Å². The lowest BCUT2D eigenvalue weighted by molar-refractivity contribution is -0.115. The molecule has 0 fully saturated rings. The lowest BCUT2D eigenvalue weighted by atomic mass is 10.2. The van der Waals surface area contributed by atoms with Crippen molar-refractivity contribution in [2.24, 2.45) is 0 Å². The normalized spacial score (nSPS) is 10.5. The van der Waals surface area contributed by atoms with E-state index < -0.39 is 0 Å². The summed E-state index contributed by atoms with van der Waals surface area (Å²) >= 11 is 7.57. The third-order valence-electron chi connectivity index (χ3n) is 3.65. The smallest absolute Gasteiger partial charge is 0.230 e. The topological polar surface area (TPSA) is 51.2 Å². The van der Waals surface area contributed by atoms with Gasteiger partial charge in [0.2, 0.25) is 5.91 Å². The number of carbonyl (C=O) groups excluding carboxylic acids is 1. The largest absolute Gasteiger partial charge is 0.492 e. The fourth-order valence-corrected chi connectivity index (χ4v) is 3.58. The molecule has 3 aromatic rings. The number of benzene rings is 2. The molecule has 0 aliphatic rings. The predicted molar refractivity (Wildman–Crippen MR) is 106 cm³/mol. The van der Waals surface area contributed by atoms with Gasteiger partial charge in [-0.15, -0.1) is 11.3 Å². The first-order valence-electron chi connectivity index (χ1n) is 8.33. The minimum Gasteiger partial charge on any atom is -0.492 e. The summed E-state index contributed by atoms with van der Waals surface area (Å²) in [4.78, 5) is 16.9. The first-order chi connectivity index (χ1) is 12.6. The van der Waals surface area contributed by atoms with E-state index >= 15 is 0 Å². The van der Waals surface area contributed by atoms with Crippen molar-refractivity contribution in [1.82, 2.24) is 4.98 Å². The van der Waals surface area contributed by atoms with E-state index in [9.17, 15) is 4.79 Å². The third-order valence-corrected chi connectivity index (χ3v) is 4.78. The number of rotatable bonds is 7. The van der Waals surface area contributed by atoms with E-state index in [0.29, 0.717) is 29.5 Å². The van der Waals surface area contributed by atoms with Crippen molar-refractivity contribution in [3.05, 3.63) is 75.2 Å². The van der Waals surface area contributed by atoms with Crippen LogP contribution in [0, 0.1) is 0 Å². The Bertz CT molecular complexity index is 895. The maximum Gasteiger partial charge on any atom is 0.230 e. The van der Waals surface area contributed by atoms with E-state index in [-0.39, 0.29) is 12.3 Å². The molecule has 0 aliphatic heterocycles. The van der Waals surface area contributed by atoms with Crippen LogP contribution in [0.15, 0.2) is 53.9 Å². The van der Waals surface area contributed by atoms with Gasteiger partial charge in [0.1, 0.15) is 5.75 Å². The average molecular weight is 387 g/mol. The van der Waals surface area contributed by atoms with Gasteiger partial charge in [0, 0.05) is 16.8 Å². The maximum atomic E-state index is 12.3. The molecule has 134 valence electrons. The molecule has 26 heavy (non-hydrogen) atoms. The molecule has 0 atom stereocenters. The molecule has 1 heterocycles. The number of aromatic nitrogens is 1. The summed E-state index contributed by atoms with van der Waals surface area (Å²) in [7, 11) is 0. The first-order valence-corrected chi connectivity index (χ1v) is 9.59. The van der Waals surface area contributed by atoms with Crippen LogP contribution in [0.3, 0.4) is 0 Å². The molecule has 0 saturated heterocycles. The number of para-hydroxylation sites is 2. The predicted octanol–water partition coefficient (Wildman–Crippen LogP) is 4.97. The molecule has 0 unspecified atom stereocenters. The summed E-state index contributed by atoms with van der Waals surface area (Å²) in [6.45, 7) is 2.46. The fraction of sp³-hybridized carbons (Fsp3) is 0.200. The molecule has 0 bridgehead atoms. The van der Waals surface area contributed by atoms with E-state index in [1.54, 1.807) is 11.3 Å². The van der Waals surface area contributed by atoms with Gasteiger partial charge in [-0.3, -0.25) is 4.79 Å². The fourth-order valence-electron chi connectivity index (χ4n) is 2.54. The number of nitrogens with one attached hydrogen (secondary N) is 1. The summed E-state index contributed by atoms with van der Waals surface area (Å²) in [5, 5.41) is 6.50. The van der Waals surface area contributed by atoms with E-state index in [0.717, 1.165) is 16.3 Å². The zero-order chi connectivity index (χ0) is 18.4. The van der Waals surface area contributed by atoms with Crippen LogP contribution in [0.25, 0.3) is 0 Å². The van der Waals surface area contributed by atoms with Crippen molar-refractivity contribution >= 4 is 34.5 Å². The second-order valence-corrected chi connectivity index (χ2v) is 7.07. The minimum atomic E-state index is -0.114. The Balaban J connectivity index is 1.61. The molecule has 4 nitrogen and oxygen atoms in total. The van der Waals surface area contributed by atoms with Crippen molar-refractivity contribution in [3.63, 3.8) is 0 Å². The highest BCUT2D eigenvalue weighted by Crippen LogP contribution is 2.24. The Morgan fingerprint density at radius 1 is 1.23 bits per heavy atom. The molecule has 2 aromatic carbocycles. The highest BCUT2D eigenvalue weighted by atomic mass is 35.5. The molecule has 1 N–H and O–H groups in total.